The van der Waals surface area contributed by atoms with Crippen molar-refractivity contribution in [1.82, 2.24) is 4.90 Å². The summed E-state index contributed by atoms with van der Waals surface area (Å²) in [6.07, 6.45) is 1.74. The second-order valence-electron chi connectivity index (χ2n) is 7.03. The van der Waals surface area contributed by atoms with Crippen LogP contribution >= 0.6 is 35.6 Å². The fourth-order valence-corrected chi connectivity index (χ4v) is 4.66. The molecule has 3 aromatic rings. The van der Waals surface area contributed by atoms with Gasteiger partial charge in [-0.25, -0.2) is 4.79 Å². The maximum absolute atomic E-state index is 12.9. The lowest BCUT2D eigenvalue weighted by molar-refractivity contribution is -0.122. The smallest absolute Gasteiger partial charge is 0.345 e. The average Bonchev–Trinajstić information content (AvgIpc) is 3.08. The minimum atomic E-state index is -0.589. The van der Waals surface area contributed by atoms with E-state index in [-0.39, 0.29) is 17.2 Å². The van der Waals surface area contributed by atoms with E-state index in [1.54, 1.807) is 53.4 Å². The van der Waals surface area contributed by atoms with Crippen LogP contribution in [0.25, 0.3) is 6.08 Å². The third kappa shape index (κ3) is 5.27. The SMILES string of the molecule is COc1cc(C=C2SC(=S)N(Cc3ccccc3)C2=O)ccc1OC(=O)c1ccccc1Cl. The maximum Gasteiger partial charge on any atom is 0.345 e. The Labute approximate surface area is 205 Å². The van der Waals surface area contributed by atoms with Crippen molar-refractivity contribution in [2.24, 2.45) is 0 Å². The van der Waals surface area contributed by atoms with Crippen LogP contribution in [-0.4, -0.2) is 28.2 Å². The number of thiocarbonyl (C=S) groups is 1. The molecule has 0 aromatic heterocycles. The zero-order valence-electron chi connectivity index (χ0n) is 17.5. The fraction of sp³-hybridized carbons (Fsp3) is 0.0800. The highest BCUT2D eigenvalue weighted by Crippen LogP contribution is 2.35. The van der Waals surface area contributed by atoms with Crippen LogP contribution in [0.5, 0.6) is 11.5 Å². The molecule has 0 bridgehead atoms. The number of carbonyl (C=O) groups is 2. The molecule has 1 aliphatic rings. The molecule has 1 heterocycles. The summed E-state index contributed by atoms with van der Waals surface area (Å²) in [5.41, 5.74) is 1.97. The van der Waals surface area contributed by atoms with Crippen LogP contribution in [0.1, 0.15) is 21.5 Å². The van der Waals surface area contributed by atoms with E-state index < -0.39 is 5.97 Å². The van der Waals surface area contributed by atoms with Crippen LogP contribution in [0, 0.1) is 0 Å². The predicted octanol–water partition coefficient (Wildman–Crippen LogP) is 5.97. The van der Waals surface area contributed by atoms with Gasteiger partial charge in [0, 0.05) is 0 Å². The van der Waals surface area contributed by atoms with Gasteiger partial charge in [0.25, 0.3) is 5.91 Å². The third-order valence-corrected chi connectivity index (χ3v) is 6.55. The van der Waals surface area contributed by atoms with Gasteiger partial charge in [-0.15, -0.1) is 0 Å². The molecular formula is C25H18ClNO4S2. The van der Waals surface area contributed by atoms with Gasteiger partial charge in [0.1, 0.15) is 4.32 Å². The van der Waals surface area contributed by atoms with Crippen molar-refractivity contribution >= 4 is 57.9 Å². The molecular weight excluding hydrogens is 478 g/mol. The molecule has 0 unspecified atom stereocenters. The van der Waals surface area contributed by atoms with E-state index in [4.69, 9.17) is 33.3 Å². The number of amides is 1. The number of benzene rings is 3. The number of ether oxygens (including phenoxy) is 2. The number of nitrogens with zero attached hydrogens (tertiary/aromatic N) is 1. The molecule has 1 aliphatic heterocycles. The lowest BCUT2D eigenvalue weighted by Gasteiger charge is -2.14. The topological polar surface area (TPSA) is 55.8 Å². The lowest BCUT2D eigenvalue weighted by atomic mass is 10.1. The summed E-state index contributed by atoms with van der Waals surface area (Å²) in [5.74, 6) is -0.143. The molecule has 1 fully saturated rings. The van der Waals surface area contributed by atoms with Crippen LogP contribution in [0.3, 0.4) is 0 Å². The molecule has 166 valence electrons. The first kappa shape index (κ1) is 23.0. The summed E-state index contributed by atoms with van der Waals surface area (Å²) in [6.45, 7) is 0.420. The van der Waals surface area contributed by atoms with Gasteiger partial charge >= 0.3 is 5.97 Å². The summed E-state index contributed by atoms with van der Waals surface area (Å²) in [6, 6.07) is 21.4. The van der Waals surface area contributed by atoms with Gasteiger partial charge in [0.05, 0.1) is 29.1 Å². The monoisotopic (exact) mass is 495 g/mol. The second kappa shape index (κ2) is 10.2. The first-order chi connectivity index (χ1) is 16.0. The Hall–Kier alpha value is -3.13. The molecule has 0 N–H and O–H groups in total. The quantitative estimate of drug-likeness (QED) is 0.182. The molecule has 0 atom stereocenters. The zero-order chi connectivity index (χ0) is 23.4. The number of thioether (sulfide) groups is 1. The van der Waals surface area contributed by atoms with E-state index in [9.17, 15) is 9.59 Å². The number of hydrogen-bond donors (Lipinski definition) is 0. The van der Waals surface area contributed by atoms with Gasteiger partial charge in [-0.3, -0.25) is 9.69 Å². The molecule has 0 saturated carbocycles. The number of esters is 1. The van der Waals surface area contributed by atoms with E-state index in [1.807, 2.05) is 30.3 Å². The number of hydrogen-bond acceptors (Lipinski definition) is 6. The molecule has 3 aromatic carbocycles. The predicted molar refractivity (Wildman–Crippen MR) is 135 cm³/mol. The minimum Gasteiger partial charge on any atom is -0.493 e. The normalized spacial score (nSPS) is 14.6. The van der Waals surface area contributed by atoms with Crippen molar-refractivity contribution < 1.29 is 19.1 Å². The second-order valence-corrected chi connectivity index (χ2v) is 9.12. The highest BCUT2D eigenvalue weighted by molar-refractivity contribution is 8.26. The van der Waals surface area contributed by atoms with Crippen LogP contribution in [0.4, 0.5) is 0 Å². The Morgan fingerprint density at radius 2 is 1.79 bits per heavy atom. The van der Waals surface area contributed by atoms with E-state index in [1.165, 1.54) is 18.9 Å². The molecule has 4 rings (SSSR count). The number of halogens is 1. The Bertz CT molecular complexity index is 1260. The summed E-state index contributed by atoms with van der Waals surface area (Å²) in [7, 11) is 1.48. The van der Waals surface area contributed by atoms with Crippen molar-refractivity contribution in [2.45, 2.75) is 6.54 Å². The third-order valence-electron chi connectivity index (χ3n) is 4.84. The van der Waals surface area contributed by atoms with E-state index in [0.717, 1.165) is 5.56 Å². The molecule has 0 spiro atoms. The summed E-state index contributed by atoms with van der Waals surface area (Å²) in [5, 5.41) is 0.301. The Morgan fingerprint density at radius 3 is 2.52 bits per heavy atom. The summed E-state index contributed by atoms with van der Waals surface area (Å²) >= 11 is 12.7. The highest BCUT2D eigenvalue weighted by Gasteiger charge is 2.32. The van der Waals surface area contributed by atoms with Gasteiger partial charge in [0.15, 0.2) is 11.5 Å². The van der Waals surface area contributed by atoms with Gasteiger partial charge in [-0.2, -0.15) is 0 Å². The van der Waals surface area contributed by atoms with E-state index >= 15 is 0 Å². The van der Waals surface area contributed by atoms with Gasteiger partial charge in [0.2, 0.25) is 0 Å². The van der Waals surface area contributed by atoms with E-state index in [0.29, 0.717) is 32.1 Å². The minimum absolute atomic E-state index is 0.151. The molecule has 0 aliphatic carbocycles. The first-order valence-electron chi connectivity index (χ1n) is 9.90. The molecule has 1 saturated heterocycles. The van der Waals surface area contributed by atoms with Crippen molar-refractivity contribution in [3.63, 3.8) is 0 Å². The van der Waals surface area contributed by atoms with Gasteiger partial charge in [-0.05, 0) is 41.5 Å². The Kier molecular flexibility index (Phi) is 7.13. The first-order valence-corrected chi connectivity index (χ1v) is 11.5. The van der Waals surface area contributed by atoms with Crippen molar-refractivity contribution in [3.05, 3.63) is 99.4 Å². The average molecular weight is 496 g/mol. The van der Waals surface area contributed by atoms with Gasteiger partial charge in [-0.1, -0.05) is 84.1 Å². The van der Waals surface area contributed by atoms with E-state index in [2.05, 4.69) is 0 Å². The zero-order valence-corrected chi connectivity index (χ0v) is 19.9. The molecule has 0 radical (unpaired) electrons. The molecule has 1 amide bonds. The maximum atomic E-state index is 12.9. The molecule has 8 heteroatoms. The standard InChI is InChI=1S/C25H18ClNO4S2/c1-30-21-13-17(11-12-20(21)31-24(29)18-9-5-6-10-19(18)26)14-22-23(28)27(25(32)33-22)15-16-7-3-2-4-8-16/h2-14H,15H2,1H3. The van der Waals surface area contributed by atoms with Crippen LogP contribution in [-0.2, 0) is 11.3 Å². The Morgan fingerprint density at radius 1 is 1.06 bits per heavy atom. The number of rotatable bonds is 6. The summed E-state index contributed by atoms with van der Waals surface area (Å²) < 4.78 is 11.4. The number of carbonyl (C=O) groups excluding carboxylic acids is 2. The number of methoxy groups -OCH3 is 1. The largest absolute Gasteiger partial charge is 0.493 e. The van der Waals surface area contributed by atoms with Crippen LogP contribution < -0.4 is 9.47 Å². The highest BCUT2D eigenvalue weighted by atomic mass is 35.5. The summed E-state index contributed by atoms with van der Waals surface area (Å²) in [4.78, 5) is 27.5. The van der Waals surface area contributed by atoms with Crippen molar-refractivity contribution in [1.29, 1.82) is 0 Å². The molecule has 5 nitrogen and oxygen atoms in total. The van der Waals surface area contributed by atoms with Crippen molar-refractivity contribution in [2.75, 3.05) is 7.11 Å². The van der Waals surface area contributed by atoms with Crippen molar-refractivity contribution in [3.8, 4) is 11.5 Å². The fourth-order valence-electron chi connectivity index (χ4n) is 3.19. The lowest BCUT2D eigenvalue weighted by Crippen LogP contribution is -2.27. The molecule has 33 heavy (non-hydrogen) atoms. The van der Waals surface area contributed by atoms with Crippen LogP contribution in [0.15, 0.2) is 77.7 Å². The van der Waals surface area contributed by atoms with Crippen LogP contribution in [0.2, 0.25) is 5.02 Å². The Balaban J connectivity index is 1.53. The van der Waals surface area contributed by atoms with Gasteiger partial charge < -0.3 is 9.47 Å².